The van der Waals surface area contributed by atoms with Crippen LogP contribution in [0.15, 0.2) is 0 Å². The average molecular weight is 269 g/mol. The monoisotopic (exact) mass is 268 g/mol. The van der Waals surface area contributed by atoms with E-state index in [9.17, 15) is 0 Å². The van der Waals surface area contributed by atoms with Gasteiger partial charge in [0.1, 0.15) is 0 Å². The summed E-state index contributed by atoms with van der Waals surface area (Å²) in [5.41, 5.74) is 0. The quantitative estimate of drug-likeness (QED) is 0.460. The fraction of sp³-hybridized carbons (Fsp3) is 0.889. The van der Waals surface area contributed by atoms with E-state index in [1.807, 2.05) is 0 Å². The summed E-state index contributed by atoms with van der Waals surface area (Å²) in [4.78, 5) is 0. The summed E-state index contributed by atoms with van der Waals surface area (Å²) in [7, 11) is 0. The molecule has 1 atom stereocenters. The molecule has 0 N–H and O–H groups in total. The second-order valence-electron chi connectivity index (χ2n) is 2.27. The number of hydrogen-bond donors (Lipinski definition) is 0. The van der Waals surface area contributed by atoms with Gasteiger partial charge in [0.15, 0.2) is 6.29 Å². The van der Waals surface area contributed by atoms with Crippen LogP contribution in [0.25, 0.3) is 0 Å². The third-order valence-electron chi connectivity index (χ3n) is 1.44. The van der Waals surface area contributed by atoms with Crippen LogP contribution in [0.1, 0.15) is 43.0 Å². The molecule has 2 nitrogen and oxygen atoms in total. The number of halogens is 1. The Morgan fingerprint density at radius 3 is 3.08 bits per heavy atom. The van der Waals surface area contributed by atoms with Crippen molar-refractivity contribution in [3.05, 3.63) is 6.88 Å². The second kappa shape index (κ2) is 11.2. The van der Waals surface area contributed by atoms with Crippen LogP contribution in [0.2, 0.25) is 0 Å². The third kappa shape index (κ3) is 8.18. The van der Waals surface area contributed by atoms with Gasteiger partial charge in [-0.2, -0.15) is 6.37 Å². The summed E-state index contributed by atoms with van der Waals surface area (Å²) in [6.45, 7) is -3.97. The maximum atomic E-state index is 7.58. The Balaban J connectivity index is 0. The summed E-state index contributed by atoms with van der Waals surface area (Å²) < 4.78 is 69.0. The van der Waals surface area contributed by atoms with E-state index in [1.54, 1.807) is 0 Å². The molecule has 74 valence electrons. The number of rotatable bonds is 5. The van der Waals surface area contributed by atoms with Gasteiger partial charge >= 0.3 is 23.1 Å². The molecule has 4 heteroatoms. The average Bonchev–Trinajstić information content (AvgIpc) is 2.28. The zero-order valence-corrected chi connectivity index (χ0v) is 10.3. The Morgan fingerprint density at radius 2 is 2.46 bits per heavy atom. The normalized spacial score (nSPS) is 34.1. The molecule has 0 spiro atoms. The van der Waals surface area contributed by atoms with E-state index >= 15 is 0 Å². The summed E-state index contributed by atoms with van der Waals surface area (Å²) in [5, 5.41) is 0. The molecular weight excluding hydrogens is 244 g/mol. The Bertz CT molecular complexity index is 312. The Labute approximate surface area is 119 Å². The minimum absolute atomic E-state index is 0. The van der Waals surface area contributed by atoms with Crippen molar-refractivity contribution in [1.29, 1.82) is 0 Å². The molecule has 0 aromatic heterocycles. The van der Waals surface area contributed by atoms with Crippen molar-refractivity contribution in [2.24, 2.45) is 0 Å². The van der Waals surface area contributed by atoms with E-state index in [-0.39, 0.29) is 40.0 Å². The van der Waals surface area contributed by atoms with Crippen molar-refractivity contribution in [1.82, 2.24) is 0 Å². The second-order valence-corrected chi connectivity index (χ2v) is 2.27. The molecule has 0 amide bonds. The van der Waals surface area contributed by atoms with Gasteiger partial charge in [-0.05, 0) is 22.0 Å². The third-order valence-corrected chi connectivity index (χ3v) is 1.44. The predicted octanol–water partition coefficient (Wildman–Crippen LogP) is -1.23. The molecule has 1 fully saturated rings. The molecular formula is C9H17BrMgO2. The van der Waals surface area contributed by atoms with Crippen molar-refractivity contribution >= 4 is 23.1 Å². The first-order valence-electron chi connectivity index (χ1n) is 7.62. The largest absolute Gasteiger partial charge is 2.00 e. The van der Waals surface area contributed by atoms with Gasteiger partial charge in [-0.1, -0.05) is 6.37 Å². The van der Waals surface area contributed by atoms with E-state index in [2.05, 4.69) is 0 Å². The van der Waals surface area contributed by atoms with Crippen molar-refractivity contribution in [2.45, 2.75) is 38.3 Å². The smallest absolute Gasteiger partial charge is 1.00 e. The van der Waals surface area contributed by atoms with Crippen LogP contribution in [0.3, 0.4) is 0 Å². The maximum Gasteiger partial charge on any atom is 2.00 e. The summed E-state index contributed by atoms with van der Waals surface area (Å²) in [5.74, 6) is 0. The molecule has 0 radical (unpaired) electrons. The molecule has 13 heavy (non-hydrogen) atoms. The van der Waals surface area contributed by atoms with Gasteiger partial charge in [-0.3, -0.25) is 0 Å². The van der Waals surface area contributed by atoms with Crippen molar-refractivity contribution in [3.8, 4) is 0 Å². The van der Waals surface area contributed by atoms with Crippen LogP contribution in [0.5, 0.6) is 0 Å². The van der Waals surface area contributed by atoms with Crippen LogP contribution in [-0.4, -0.2) is 42.5 Å². The molecule has 0 aliphatic carbocycles. The summed E-state index contributed by atoms with van der Waals surface area (Å²) in [6, 6.07) is 0. The molecule has 0 bridgehead atoms. The topological polar surface area (TPSA) is 18.5 Å². The van der Waals surface area contributed by atoms with Crippen LogP contribution >= 0.6 is 0 Å². The molecule has 0 aromatic rings. The zero-order valence-electron chi connectivity index (χ0n) is 15.3. The standard InChI is InChI=1S/C9H17O2.BrH.Mg/c1-2-3-7-10-9-6-4-5-8-11-9;;/h9H,1-8H2;1H;/q-1;;+2/p-1/i1D2,2D2,3D2,7D2;;. The predicted molar refractivity (Wildman–Crippen MR) is 49.9 cm³/mol. The minimum atomic E-state index is -3.18. The van der Waals surface area contributed by atoms with E-state index in [4.69, 9.17) is 20.4 Å². The summed E-state index contributed by atoms with van der Waals surface area (Å²) >= 11 is 0. The minimum Gasteiger partial charge on any atom is -1.00 e. The van der Waals surface area contributed by atoms with Gasteiger partial charge in [0.2, 0.25) is 0 Å². The molecule has 0 saturated carbocycles. The zero-order chi connectivity index (χ0) is 14.9. The van der Waals surface area contributed by atoms with Gasteiger partial charge in [0, 0.05) is 15.9 Å². The summed E-state index contributed by atoms with van der Waals surface area (Å²) in [6.07, 6.45) is -5.24. The molecule has 1 unspecified atom stereocenters. The van der Waals surface area contributed by atoms with Gasteiger partial charge in [0.05, 0.1) is 2.74 Å². The van der Waals surface area contributed by atoms with E-state index < -0.39 is 32.5 Å². The van der Waals surface area contributed by atoms with E-state index in [0.29, 0.717) is 13.0 Å². The fourth-order valence-electron chi connectivity index (χ4n) is 0.925. The van der Waals surface area contributed by atoms with Gasteiger partial charge in [-0.15, -0.1) is 0 Å². The SMILES string of the molecule is [2H][C-]([2H])C([2H])([2H])C([2H])([2H])C([2H])([2H])OC1CCCCO1.[Br-].[Mg+2]. The first kappa shape index (κ1) is 6.04. The molecule has 1 heterocycles. The van der Waals surface area contributed by atoms with Gasteiger partial charge in [0.25, 0.3) is 0 Å². The Kier molecular flexibility index (Phi) is 5.22. The molecule has 1 aliphatic heterocycles. The molecule has 0 aromatic carbocycles. The first-order valence-corrected chi connectivity index (χ1v) is 3.62. The molecule has 1 aliphatic rings. The number of hydrogen-bond acceptors (Lipinski definition) is 2. The van der Waals surface area contributed by atoms with Crippen LogP contribution in [0, 0.1) is 6.88 Å². The molecule has 1 saturated heterocycles. The first-order chi connectivity index (χ1) is 8.52. The van der Waals surface area contributed by atoms with Gasteiger partial charge < -0.3 is 33.3 Å². The van der Waals surface area contributed by atoms with Crippen molar-refractivity contribution in [3.63, 3.8) is 0 Å². The van der Waals surface area contributed by atoms with Crippen LogP contribution in [0.4, 0.5) is 0 Å². The number of ether oxygens (including phenoxy) is 2. The van der Waals surface area contributed by atoms with E-state index in [0.717, 1.165) is 12.8 Å². The van der Waals surface area contributed by atoms with E-state index in [1.165, 1.54) is 0 Å². The Hall–Kier alpha value is 1.17. The van der Waals surface area contributed by atoms with Crippen molar-refractivity contribution < 1.29 is 37.4 Å². The molecule has 1 rings (SSSR count). The maximum absolute atomic E-state index is 7.58. The van der Waals surface area contributed by atoms with Crippen LogP contribution < -0.4 is 17.0 Å². The van der Waals surface area contributed by atoms with Gasteiger partial charge in [-0.25, -0.2) is 2.74 Å². The van der Waals surface area contributed by atoms with Crippen LogP contribution in [-0.2, 0) is 9.47 Å². The Morgan fingerprint density at radius 1 is 1.62 bits per heavy atom. The van der Waals surface area contributed by atoms with Crippen molar-refractivity contribution in [2.75, 3.05) is 13.2 Å². The fourth-order valence-corrected chi connectivity index (χ4v) is 0.925.